The Morgan fingerprint density at radius 3 is 2.71 bits per heavy atom. The lowest BCUT2D eigenvalue weighted by molar-refractivity contribution is -0.122. The van der Waals surface area contributed by atoms with Crippen molar-refractivity contribution in [3.63, 3.8) is 0 Å². The summed E-state index contributed by atoms with van der Waals surface area (Å²) in [6.07, 6.45) is 1.16. The van der Waals surface area contributed by atoms with Gasteiger partial charge in [-0.25, -0.2) is 0 Å². The van der Waals surface area contributed by atoms with Crippen molar-refractivity contribution in [3.8, 4) is 5.75 Å². The van der Waals surface area contributed by atoms with Crippen LogP contribution < -0.4 is 10.1 Å². The number of hydrogen-bond donors (Lipinski definition) is 2. The zero-order chi connectivity index (χ0) is 16.0. The van der Waals surface area contributed by atoms with Crippen LogP contribution in [0, 0.1) is 12.8 Å². The average Bonchev–Trinajstić information content (AvgIpc) is 2.46. The van der Waals surface area contributed by atoms with E-state index in [1.807, 2.05) is 39.0 Å². The van der Waals surface area contributed by atoms with E-state index >= 15 is 0 Å². The van der Waals surface area contributed by atoms with Gasteiger partial charge in [-0.3, -0.25) is 4.79 Å². The molecule has 2 atom stereocenters. The van der Waals surface area contributed by atoms with Crippen LogP contribution in [0.25, 0.3) is 0 Å². The second-order valence-electron chi connectivity index (χ2n) is 5.92. The number of aryl methyl sites for hydroxylation is 1. The van der Waals surface area contributed by atoms with E-state index in [1.165, 1.54) is 0 Å². The van der Waals surface area contributed by atoms with E-state index < -0.39 is 5.60 Å². The Bertz CT molecular complexity index is 483. The second kappa shape index (κ2) is 7.46. The molecule has 2 N–H and O–H groups in total. The molecule has 1 aromatic carbocycles. The Morgan fingerprint density at radius 1 is 1.48 bits per heavy atom. The Balaban J connectivity index is 2.58. The highest BCUT2D eigenvalue weighted by atomic mass is 16.5. The number of rotatable bonds is 7. The van der Waals surface area contributed by atoms with Gasteiger partial charge in [0, 0.05) is 6.54 Å². The average molecular weight is 293 g/mol. The van der Waals surface area contributed by atoms with Gasteiger partial charge in [-0.05, 0) is 37.0 Å². The lowest BCUT2D eigenvalue weighted by Crippen LogP contribution is -2.45. The smallest absolute Gasteiger partial charge is 0.224 e. The Kier molecular flexibility index (Phi) is 6.21. The van der Waals surface area contributed by atoms with Crippen LogP contribution in [-0.2, 0) is 11.2 Å². The fraction of sp³-hybridized carbons (Fsp3) is 0.588. The van der Waals surface area contributed by atoms with Crippen LogP contribution in [0.2, 0.25) is 0 Å². The third-order valence-corrected chi connectivity index (χ3v) is 4.15. The van der Waals surface area contributed by atoms with Crippen LogP contribution >= 0.6 is 0 Å². The molecule has 1 aromatic rings. The van der Waals surface area contributed by atoms with Crippen molar-refractivity contribution < 1.29 is 14.6 Å². The minimum absolute atomic E-state index is 0.0931. The number of hydrogen-bond acceptors (Lipinski definition) is 3. The summed E-state index contributed by atoms with van der Waals surface area (Å²) in [7, 11) is 1.62. The number of nitrogens with one attached hydrogen (secondary N) is 1. The zero-order valence-corrected chi connectivity index (χ0v) is 13.7. The van der Waals surface area contributed by atoms with Gasteiger partial charge in [0.1, 0.15) is 5.75 Å². The molecule has 21 heavy (non-hydrogen) atoms. The fourth-order valence-corrected chi connectivity index (χ4v) is 2.11. The number of aliphatic hydroxyl groups is 1. The molecule has 0 saturated heterocycles. The molecule has 2 unspecified atom stereocenters. The van der Waals surface area contributed by atoms with Crippen LogP contribution in [0.15, 0.2) is 18.2 Å². The molecule has 0 radical (unpaired) electrons. The first kappa shape index (κ1) is 17.5. The van der Waals surface area contributed by atoms with Gasteiger partial charge in [-0.1, -0.05) is 32.4 Å². The molecule has 4 nitrogen and oxygen atoms in total. The fourth-order valence-electron chi connectivity index (χ4n) is 2.11. The van der Waals surface area contributed by atoms with Crippen molar-refractivity contribution in [2.75, 3.05) is 13.7 Å². The lowest BCUT2D eigenvalue weighted by atomic mass is 9.88. The van der Waals surface area contributed by atoms with Gasteiger partial charge in [0.15, 0.2) is 0 Å². The zero-order valence-electron chi connectivity index (χ0n) is 13.7. The topological polar surface area (TPSA) is 58.6 Å². The summed E-state index contributed by atoms with van der Waals surface area (Å²) in [5, 5.41) is 13.1. The Morgan fingerprint density at radius 2 is 2.14 bits per heavy atom. The van der Waals surface area contributed by atoms with E-state index in [1.54, 1.807) is 14.0 Å². The van der Waals surface area contributed by atoms with Crippen molar-refractivity contribution in [3.05, 3.63) is 29.3 Å². The van der Waals surface area contributed by atoms with Crippen molar-refractivity contribution in [1.82, 2.24) is 5.32 Å². The highest BCUT2D eigenvalue weighted by molar-refractivity contribution is 5.78. The highest BCUT2D eigenvalue weighted by Crippen LogP contribution is 2.20. The van der Waals surface area contributed by atoms with Crippen molar-refractivity contribution in [2.45, 2.75) is 46.1 Å². The molecular formula is C17H27NO3. The van der Waals surface area contributed by atoms with E-state index in [0.29, 0.717) is 0 Å². The van der Waals surface area contributed by atoms with Crippen LogP contribution in [0.5, 0.6) is 5.75 Å². The number of carbonyl (C=O) groups is 1. The number of methoxy groups -OCH3 is 1. The minimum atomic E-state index is -0.880. The van der Waals surface area contributed by atoms with Gasteiger partial charge in [-0.2, -0.15) is 0 Å². The molecule has 0 aliphatic rings. The molecule has 1 amide bonds. The maximum absolute atomic E-state index is 12.0. The lowest BCUT2D eigenvalue weighted by Gasteiger charge is -2.29. The summed E-state index contributed by atoms with van der Waals surface area (Å²) < 4.78 is 5.26. The van der Waals surface area contributed by atoms with Crippen molar-refractivity contribution in [1.29, 1.82) is 0 Å². The normalized spacial score (nSPS) is 15.1. The van der Waals surface area contributed by atoms with Crippen LogP contribution in [0.3, 0.4) is 0 Å². The molecule has 0 bridgehead atoms. The molecule has 0 aliphatic heterocycles. The predicted molar refractivity (Wildman–Crippen MR) is 84.5 cm³/mol. The SMILES string of the molecule is CCC(C)C(C)(O)CNC(=O)Cc1ccc(C)c(OC)c1. The molecule has 0 aromatic heterocycles. The Hall–Kier alpha value is -1.55. The van der Waals surface area contributed by atoms with E-state index in [9.17, 15) is 9.90 Å². The third kappa shape index (κ3) is 5.05. The first-order valence-corrected chi connectivity index (χ1v) is 7.42. The molecule has 0 aliphatic carbocycles. The highest BCUT2D eigenvalue weighted by Gasteiger charge is 2.27. The second-order valence-corrected chi connectivity index (χ2v) is 5.92. The first-order chi connectivity index (χ1) is 9.80. The summed E-state index contributed by atoms with van der Waals surface area (Å²) in [6, 6.07) is 5.74. The Labute approximate surface area is 127 Å². The maximum atomic E-state index is 12.0. The molecule has 0 fully saturated rings. The summed E-state index contributed by atoms with van der Waals surface area (Å²) in [4.78, 5) is 12.0. The van der Waals surface area contributed by atoms with E-state index in [2.05, 4.69) is 5.32 Å². The van der Waals surface area contributed by atoms with Crippen molar-refractivity contribution >= 4 is 5.91 Å². The van der Waals surface area contributed by atoms with Gasteiger partial charge in [0.2, 0.25) is 5.91 Å². The van der Waals surface area contributed by atoms with Crippen molar-refractivity contribution in [2.24, 2.45) is 5.92 Å². The monoisotopic (exact) mass is 293 g/mol. The predicted octanol–water partition coefficient (Wildman–Crippen LogP) is 2.46. The number of carbonyl (C=O) groups excluding carboxylic acids is 1. The van der Waals surface area contributed by atoms with Gasteiger partial charge < -0.3 is 15.2 Å². The summed E-state index contributed by atoms with van der Waals surface area (Å²) in [5.74, 6) is 0.827. The molecule has 0 heterocycles. The molecule has 1 rings (SSSR count). The molecule has 0 saturated carbocycles. The van der Waals surface area contributed by atoms with Crippen LogP contribution in [0.4, 0.5) is 0 Å². The maximum Gasteiger partial charge on any atom is 0.224 e. The molecule has 118 valence electrons. The van der Waals surface area contributed by atoms with Gasteiger partial charge in [0.25, 0.3) is 0 Å². The summed E-state index contributed by atoms with van der Waals surface area (Å²) in [6.45, 7) is 8.00. The van der Waals surface area contributed by atoms with E-state index in [0.717, 1.165) is 23.3 Å². The van der Waals surface area contributed by atoms with Gasteiger partial charge >= 0.3 is 0 Å². The quantitative estimate of drug-likeness (QED) is 0.812. The van der Waals surface area contributed by atoms with Gasteiger partial charge in [-0.15, -0.1) is 0 Å². The minimum Gasteiger partial charge on any atom is -0.496 e. The van der Waals surface area contributed by atoms with Crippen LogP contribution in [-0.4, -0.2) is 30.3 Å². The van der Waals surface area contributed by atoms with Gasteiger partial charge in [0.05, 0.1) is 19.1 Å². The summed E-state index contributed by atoms with van der Waals surface area (Å²) >= 11 is 0. The standard InChI is InChI=1S/C17H27NO3/c1-6-13(3)17(4,20)11-18-16(19)10-14-8-7-12(2)15(9-14)21-5/h7-9,13,20H,6,10-11H2,1-5H3,(H,18,19). The van der Waals surface area contributed by atoms with Crippen LogP contribution in [0.1, 0.15) is 38.3 Å². The van der Waals surface area contributed by atoms with E-state index in [4.69, 9.17) is 4.74 Å². The number of ether oxygens (including phenoxy) is 1. The number of benzene rings is 1. The third-order valence-electron chi connectivity index (χ3n) is 4.15. The van der Waals surface area contributed by atoms with E-state index in [-0.39, 0.29) is 24.8 Å². The molecular weight excluding hydrogens is 266 g/mol. The largest absolute Gasteiger partial charge is 0.496 e. The first-order valence-electron chi connectivity index (χ1n) is 7.42. The molecule has 4 heteroatoms. The number of amides is 1. The summed E-state index contributed by atoms with van der Waals surface area (Å²) in [5.41, 5.74) is 1.06. The molecule has 0 spiro atoms.